The molecule has 0 saturated heterocycles. The van der Waals surface area contributed by atoms with Crippen molar-refractivity contribution in [3.63, 3.8) is 0 Å². The second kappa shape index (κ2) is 7.23. The topological polar surface area (TPSA) is 69.6 Å². The number of aryl methyl sites for hydroxylation is 2. The molecule has 1 aromatic heterocycles. The van der Waals surface area contributed by atoms with Crippen LogP contribution in [0.5, 0.6) is 0 Å². The third-order valence-electron chi connectivity index (χ3n) is 5.06. The molecule has 5 nitrogen and oxygen atoms in total. The lowest BCUT2D eigenvalue weighted by molar-refractivity contribution is -0.139. The summed E-state index contributed by atoms with van der Waals surface area (Å²) < 4.78 is 0. The Morgan fingerprint density at radius 2 is 2.08 bits per heavy atom. The molecular weight excluding hydrogens is 324 g/mol. The van der Waals surface area contributed by atoms with Gasteiger partial charge < -0.3 is 10.4 Å². The van der Waals surface area contributed by atoms with Crippen LogP contribution in [0.15, 0.2) is 6.07 Å². The number of hydrogen-bond acceptors (Lipinski definition) is 4. The minimum absolute atomic E-state index is 0.0122. The molecule has 2 saturated carbocycles. The molecule has 6 heteroatoms. The normalized spacial score (nSPS) is 23.1. The monoisotopic (exact) mass is 350 g/mol. The zero-order valence-electron chi connectivity index (χ0n) is 14.4. The average Bonchev–Trinajstić information content (AvgIpc) is 3.21. The standard InChI is InChI=1S/C18H26N2O3S/c1-3-15-11(2)6-16(24-15)18(23)19-13-7-14(8-13)20(10-17(21)22)9-12-4-5-12/h6,12-14H,3-5,7-10H2,1-2H3,(H,19,23)(H,21,22). The lowest BCUT2D eigenvalue weighted by atomic mass is 9.85. The first-order valence-electron chi connectivity index (χ1n) is 8.82. The van der Waals surface area contributed by atoms with Gasteiger partial charge in [0.2, 0.25) is 0 Å². The van der Waals surface area contributed by atoms with Gasteiger partial charge in [0.05, 0.1) is 11.4 Å². The molecule has 2 N–H and O–H groups in total. The van der Waals surface area contributed by atoms with E-state index >= 15 is 0 Å². The number of carboxylic acids is 1. The van der Waals surface area contributed by atoms with Crippen molar-refractivity contribution in [2.45, 2.75) is 58.0 Å². The van der Waals surface area contributed by atoms with Gasteiger partial charge in [-0.25, -0.2) is 0 Å². The molecule has 0 aromatic carbocycles. The highest BCUT2D eigenvalue weighted by atomic mass is 32.1. The maximum atomic E-state index is 12.4. The number of carboxylic acid groups (broad SMARTS) is 1. The molecule has 1 aromatic rings. The summed E-state index contributed by atoms with van der Waals surface area (Å²) in [5.41, 5.74) is 1.19. The fourth-order valence-corrected chi connectivity index (χ4v) is 4.41. The Hall–Kier alpha value is -1.40. The summed E-state index contributed by atoms with van der Waals surface area (Å²) in [7, 11) is 0. The molecule has 0 bridgehead atoms. The molecule has 2 aliphatic carbocycles. The number of carbonyl (C=O) groups is 2. The lowest BCUT2D eigenvalue weighted by Crippen LogP contribution is -2.55. The highest BCUT2D eigenvalue weighted by molar-refractivity contribution is 7.14. The van der Waals surface area contributed by atoms with Crippen LogP contribution in [0.2, 0.25) is 0 Å². The zero-order chi connectivity index (χ0) is 17.3. The average molecular weight is 350 g/mol. The van der Waals surface area contributed by atoms with Crippen molar-refractivity contribution >= 4 is 23.2 Å². The number of aliphatic carboxylic acids is 1. The fraction of sp³-hybridized carbons (Fsp3) is 0.667. The van der Waals surface area contributed by atoms with E-state index in [0.717, 1.165) is 30.7 Å². The summed E-state index contributed by atoms with van der Waals surface area (Å²) in [6.07, 6.45) is 5.12. The summed E-state index contributed by atoms with van der Waals surface area (Å²) in [6.45, 7) is 5.16. The first-order valence-corrected chi connectivity index (χ1v) is 9.64. The molecule has 0 aliphatic heterocycles. The fourth-order valence-electron chi connectivity index (χ4n) is 3.39. The van der Waals surface area contributed by atoms with Crippen molar-refractivity contribution in [2.75, 3.05) is 13.1 Å². The molecule has 3 rings (SSSR count). The van der Waals surface area contributed by atoms with Gasteiger partial charge in [0.25, 0.3) is 5.91 Å². The number of nitrogens with one attached hydrogen (secondary N) is 1. The number of hydrogen-bond donors (Lipinski definition) is 2. The quantitative estimate of drug-likeness (QED) is 0.756. The van der Waals surface area contributed by atoms with Crippen LogP contribution in [0.1, 0.15) is 52.7 Å². The molecule has 132 valence electrons. The van der Waals surface area contributed by atoms with Crippen LogP contribution in [0.3, 0.4) is 0 Å². The van der Waals surface area contributed by atoms with E-state index in [-0.39, 0.29) is 18.5 Å². The van der Waals surface area contributed by atoms with Crippen molar-refractivity contribution in [3.05, 3.63) is 21.4 Å². The molecule has 0 unspecified atom stereocenters. The zero-order valence-corrected chi connectivity index (χ0v) is 15.2. The van der Waals surface area contributed by atoms with E-state index in [2.05, 4.69) is 17.1 Å². The largest absolute Gasteiger partial charge is 0.480 e. The van der Waals surface area contributed by atoms with Crippen LogP contribution in [0.25, 0.3) is 0 Å². The van der Waals surface area contributed by atoms with Gasteiger partial charge in [0, 0.05) is 23.5 Å². The van der Waals surface area contributed by atoms with Crippen LogP contribution in [0.4, 0.5) is 0 Å². The number of carbonyl (C=O) groups excluding carboxylic acids is 1. The first-order chi connectivity index (χ1) is 11.5. The minimum atomic E-state index is -0.760. The van der Waals surface area contributed by atoms with Gasteiger partial charge in [0.1, 0.15) is 0 Å². The highest BCUT2D eigenvalue weighted by Crippen LogP contribution is 2.34. The minimum Gasteiger partial charge on any atom is -0.480 e. The second-order valence-corrected chi connectivity index (χ2v) is 8.27. The van der Waals surface area contributed by atoms with Crippen molar-refractivity contribution in [1.29, 1.82) is 0 Å². The number of rotatable bonds is 8. The molecular formula is C18H26N2O3S. The number of nitrogens with zero attached hydrogens (tertiary/aromatic N) is 1. The molecule has 24 heavy (non-hydrogen) atoms. The molecule has 1 heterocycles. The van der Waals surface area contributed by atoms with E-state index < -0.39 is 5.97 Å². The van der Waals surface area contributed by atoms with E-state index in [4.69, 9.17) is 5.11 Å². The van der Waals surface area contributed by atoms with Crippen LogP contribution < -0.4 is 5.32 Å². The van der Waals surface area contributed by atoms with Crippen LogP contribution >= 0.6 is 11.3 Å². The van der Waals surface area contributed by atoms with Gasteiger partial charge in [-0.1, -0.05) is 6.92 Å². The first kappa shape index (κ1) is 17.4. The Balaban J connectivity index is 1.49. The number of amides is 1. The van der Waals surface area contributed by atoms with E-state index in [0.29, 0.717) is 12.0 Å². The molecule has 0 radical (unpaired) electrons. The van der Waals surface area contributed by atoms with Crippen molar-refractivity contribution < 1.29 is 14.7 Å². The Labute approximate surface area is 147 Å². The van der Waals surface area contributed by atoms with Crippen molar-refractivity contribution in [1.82, 2.24) is 10.2 Å². The molecule has 0 spiro atoms. The van der Waals surface area contributed by atoms with Gasteiger partial charge in [-0.05, 0) is 56.6 Å². The number of thiophene rings is 1. The molecule has 2 aliphatic rings. The molecule has 0 atom stereocenters. The Morgan fingerprint density at radius 1 is 1.38 bits per heavy atom. The maximum Gasteiger partial charge on any atom is 0.317 e. The van der Waals surface area contributed by atoms with E-state index in [1.165, 1.54) is 23.3 Å². The molecule has 1 amide bonds. The van der Waals surface area contributed by atoms with Gasteiger partial charge in [-0.15, -0.1) is 11.3 Å². The van der Waals surface area contributed by atoms with Gasteiger partial charge in [-0.2, -0.15) is 0 Å². The predicted octanol–water partition coefficient (Wildman–Crippen LogP) is 2.68. The second-order valence-electron chi connectivity index (χ2n) is 7.13. The van der Waals surface area contributed by atoms with Crippen molar-refractivity contribution in [2.24, 2.45) is 5.92 Å². The predicted molar refractivity (Wildman–Crippen MR) is 94.6 cm³/mol. The van der Waals surface area contributed by atoms with E-state index in [9.17, 15) is 9.59 Å². The van der Waals surface area contributed by atoms with Crippen molar-refractivity contribution in [3.8, 4) is 0 Å². The summed E-state index contributed by atoms with van der Waals surface area (Å²) in [5, 5.41) is 12.2. The van der Waals surface area contributed by atoms with E-state index in [1.54, 1.807) is 11.3 Å². The summed E-state index contributed by atoms with van der Waals surface area (Å²) in [5.74, 6) is -0.0675. The highest BCUT2D eigenvalue weighted by Gasteiger charge is 2.37. The lowest BCUT2D eigenvalue weighted by Gasteiger charge is -2.42. The maximum absolute atomic E-state index is 12.4. The Morgan fingerprint density at radius 3 is 2.62 bits per heavy atom. The van der Waals surface area contributed by atoms with Gasteiger partial charge in [-0.3, -0.25) is 14.5 Å². The van der Waals surface area contributed by atoms with Crippen LogP contribution in [-0.2, 0) is 11.2 Å². The summed E-state index contributed by atoms with van der Waals surface area (Å²) >= 11 is 1.58. The Bertz CT molecular complexity index is 618. The Kier molecular flexibility index (Phi) is 5.25. The van der Waals surface area contributed by atoms with Crippen LogP contribution in [0, 0.1) is 12.8 Å². The smallest absolute Gasteiger partial charge is 0.317 e. The molecule has 2 fully saturated rings. The van der Waals surface area contributed by atoms with Crippen LogP contribution in [-0.4, -0.2) is 47.1 Å². The summed E-state index contributed by atoms with van der Waals surface area (Å²) in [4.78, 5) is 27.6. The third kappa shape index (κ3) is 4.16. The summed E-state index contributed by atoms with van der Waals surface area (Å²) in [6, 6.07) is 2.44. The SMILES string of the molecule is CCc1sc(C(=O)NC2CC(N(CC(=O)O)CC3CC3)C2)cc1C. The van der Waals surface area contributed by atoms with Gasteiger partial charge in [0.15, 0.2) is 0 Å². The van der Waals surface area contributed by atoms with Gasteiger partial charge >= 0.3 is 5.97 Å². The van der Waals surface area contributed by atoms with E-state index in [1.807, 2.05) is 13.0 Å². The third-order valence-corrected chi connectivity index (χ3v) is 6.44.